The molecule has 0 aliphatic heterocycles. The molecule has 0 fully saturated rings. The Morgan fingerprint density at radius 1 is 1.05 bits per heavy atom. The SMILES string of the molecule is C=COC(=O)c1ccccc1C(=O)O.C=COC(C)=O. The number of esters is 2. The van der Waals surface area contributed by atoms with Crippen LogP contribution < -0.4 is 0 Å². The summed E-state index contributed by atoms with van der Waals surface area (Å²) in [7, 11) is 0. The van der Waals surface area contributed by atoms with Gasteiger partial charge in [-0.25, -0.2) is 9.59 Å². The third-order valence-corrected chi connectivity index (χ3v) is 1.82. The number of hydrogen-bond acceptors (Lipinski definition) is 5. The Bertz CT molecular complexity index is 518. The van der Waals surface area contributed by atoms with Crippen molar-refractivity contribution in [2.45, 2.75) is 6.92 Å². The van der Waals surface area contributed by atoms with E-state index in [0.29, 0.717) is 0 Å². The first-order valence-electron chi connectivity index (χ1n) is 5.36. The van der Waals surface area contributed by atoms with Gasteiger partial charge in [-0.1, -0.05) is 25.3 Å². The molecule has 0 bridgehead atoms. The number of benzene rings is 1. The second-order valence-electron chi connectivity index (χ2n) is 3.20. The molecule has 1 rings (SSSR count). The Morgan fingerprint density at radius 3 is 1.90 bits per heavy atom. The molecule has 6 heteroatoms. The lowest BCUT2D eigenvalue weighted by Gasteiger charge is -2.02. The van der Waals surface area contributed by atoms with Crippen LogP contribution in [-0.4, -0.2) is 23.0 Å². The highest BCUT2D eigenvalue weighted by Gasteiger charge is 2.15. The van der Waals surface area contributed by atoms with Gasteiger partial charge in [-0.15, -0.1) is 0 Å². The Morgan fingerprint density at radius 2 is 1.55 bits per heavy atom. The molecule has 0 heterocycles. The van der Waals surface area contributed by atoms with Gasteiger partial charge in [0.15, 0.2) is 0 Å². The van der Waals surface area contributed by atoms with E-state index < -0.39 is 11.9 Å². The lowest BCUT2D eigenvalue weighted by molar-refractivity contribution is -0.135. The number of carboxylic acid groups (broad SMARTS) is 1. The fraction of sp³-hybridized carbons (Fsp3) is 0.0714. The number of ether oxygens (including phenoxy) is 2. The summed E-state index contributed by atoms with van der Waals surface area (Å²) in [5.41, 5.74) is -0.0701. The van der Waals surface area contributed by atoms with Gasteiger partial charge >= 0.3 is 17.9 Å². The van der Waals surface area contributed by atoms with E-state index in [2.05, 4.69) is 22.6 Å². The van der Waals surface area contributed by atoms with Gasteiger partial charge in [-0.05, 0) is 12.1 Å². The number of carbonyl (C=O) groups is 3. The highest BCUT2D eigenvalue weighted by atomic mass is 16.5. The minimum Gasteiger partial charge on any atom is -0.478 e. The highest BCUT2D eigenvalue weighted by Crippen LogP contribution is 2.10. The van der Waals surface area contributed by atoms with Crippen molar-refractivity contribution in [2.24, 2.45) is 0 Å². The molecule has 0 saturated heterocycles. The van der Waals surface area contributed by atoms with Crippen LogP contribution in [0.2, 0.25) is 0 Å². The molecule has 0 aromatic heterocycles. The van der Waals surface area contributed by atoms with Crippen molar-refractivity contribution >= 4 is 17.9 Å². The fourth-order valence-electron chi connectivity index (χ4n) is 1.10. The summed E-state index contributed by atoms with van der Waals surface area (Å²) in [6, 6.07) is 5.82. The molecule has 0 saturated carbocycles. The predicted octanol–water partition coefficient (Wildman–Crippen LogP) is 2.38. The molecule has 0 unspecified atom stereocenters. The van der Waals surface area contributed by atoms with Crippen LogP contribution in [0.5, 0.6) is 0 Å². The van der Waals surface area contributed by atoms with Crippen LogP contribution in [0.4, 0.5) is 0 Å². The summed E-state index contributed by atoms with van der Waals surface area (Å²) >= 11 is 0. The van der Waals surface area contributed by atoms with Gasteiger partial charge in [0.25, 0.3) is 0 Å². The normalized spacial score (nSPS) is 8.45. The smallest absolute Gasteiger partial charge is 0.343 e. The lowest BCUT2D eigenvalue weighted by Crippen LogP contribution is -2.09. The molecule has 20 heavy (non-hydrogen) atoms. The number of rotatable bonds is 4. The van der Waals surface area contributed by atoms with Gasteiger partial charge < -0.3 is 14.6 Å². The van der Waals surface area contributed by atoms with Gasteiger partial charge in [0.2, 0.25) is 0 Å². The second kappa shape index (κ2) is 9.09. The zero-order valence-corrected chi connectivity index (χ0v) is 10.9. The summed E-state index contributed by atoms with van der Waals surface area (Å²) in [5.74, 6) is -2.22. The Labute approximate surface area is 115 Å². The average molecular weight is 278 g/mol. The van der Waals surface area contributed by atoms with Crippen LogP contribution in [0.3, 0.4) is 0 Å². The van der Waals surface area contributed by atoms with Crippen molar-refractivity contribution in [3.8, 4) is 0 Å². The van der Waals surface area contributed by atoms with E-state index in [4.69, 9.17) is 5.11 Å². The molecule has 0 radical (unpaired) electrons. The van der Waals surface area contributed by atoms with Gasteiger partial charge in [0, 0.05) is 6.92 Å². The van der Waals surface area contributed by atoms with Crippen molar-refractivity contribution in [3.63, 3.8) is 0 Å². The van der Waals surface area contributed by atoms with Crippen molar-refractivity contribution in [3.05, 3.63) is 61.1 Å². The van der Waals surface area contributed by atoms with Crippen LogP contribution >= 0.6 is 0 Å². The minimum absolute atomic E-state index is 0.0138. The van der Waals surface area contributed by atoms with Crippen molar-refractivity contribution in [1.82, 2.24) is 0 Å². The Hall–Kier alpha value is -2.89. The largest absolute Gasteiger partial charge is 0.478 e. The third-order valence-electron chi connectivity index (χ3n) is 1.82. The monoisotopic (exact) mass is 278 g/mol. The number of hydrogen-bond donors (Lipinski definition) is 1. The minimum atomic E-state index is -1.17. The molecule has 0 aliphatic rings. The first kappa shape index (κ1) is 17.1. The molecule has 0 atom stereocenters. The zero-order chi connectivity index (χ0) is 15.5. The summed E-state index contributed by atoms with van der Waals surface area (Å²) in [6.07, 6.45) is 2.06. The molecule has 1 aromatic rings. The van der Waals surface area contributed by atoms with Crippen LogP contribution in [0.1, 0.15) is 27.6 Å². The maximum Gasteiger partial charge on any atom is 0.343 e. The summed E-state index contributed by atoms with van der Waals surface area (Å²) in [5, 5.41) is 8.75. The number of carboxylic acids is 1. The van der Waals surface area contributed by atoms with Crippen LogP contribution in [0.25, 0.3) is 0 Å². The molecule has 1 aromatic carbocycles. The van der Waals surface area contributed by atoms with Crippen LogP contribution in [0, 0.1) is 0 Å². The van der Waals surface area contributed by atoms with Gasteiger partial charge in [0.05, 0.1) is 23.7 Å². The molecular weight excluding hydrogens is 264 g/mol. The first-order valence-corrected chi connectivity index (χ1v) is 5.36. The van der Waals surface area contributed by atoms with E-state index in [1.165, 1.54) is 25.1 Å². The molecule has 106 valence electrons. The lowest BCUT2D eigenvalue weighted by atomic mass is 10.1. The van der Waals surface area contributed by atoms with Gasteiger partial charge in [0.1, 0.15) is 0 Å². The van der Waals surface area contributed by atoms with Crippen LogP contribution in [-0.2, 0) is 14.3 Å². The maximum absolute atomic E-state index is 11.2. The third kappa shape index (κ3) is 6.15. The Balaban J connectivity index is 0.000000511. The van der Waals surface area contributed by atoms with Gasteiger partial charge in [-0.2, -0.15) is 0 Å². The van der Waals surface area contributed by atoms with Crippen molar-refractivity contribution < 1.29 is 29.0 Å². The maximum atomic E-state index is 11.2. The molecule has 1 N–H and O–H groups in total. The second-order valence-corrected chi connectivity index (χ2v) is 3.20. The Kier molecular flexibility index (Phi) is 7.78. The summed E-state index contributed by atoms with van der Waals surface area (Å²) in [4.78, 5) is 31.7. The van der Waals surface area contributed by atoms with E-state index in [9.17, 15) is 14.4 Å². The zero-order valence-electron chi connectivity index (χ0n) is 10.9. The molecule has 0 amide bonds. The number of aromatic carboxylic acids is 1. The first-order chi connectivity index (χ1) is 9.43. The van der Waals surface area contributed by atoms with Crippen LogP contribution in [0.15, 0.2) is 49.9 Å². The summed E-state index contributed by atoms with van der Waals surface area (Å²) in [6.45, 7) is 7.69. The van der Waals surface area contributed by atoms with E-state index in [0.717, 1.165) is 12.5 Å². The topological polar surface area (TPSA) is 89.9 Å². The molecule has 0 aliphatic carbocycles. The van der Waals surface area contributed by atoms with E-state index in [1.54, 1.807) is 6.07 Å². The van der Waals surface area contributed by atoms with Gasteiger partial charge in [-0.3, -0.25) is 4.79 Å². The average Bonchev–Trinajstić information content (AvgIpc) is 2.39. The highest BCUT2D eigenvalue weighted by molar-refractivity contribution is 6.02. The summed E-state index contributed by atoms with van der Waals surface area (Å²) < 4.78 is 8.65. The van der Waals surface area contributed by atoms with E-state index in [-0.39, 0.29) is 17.1 Å². The quantitative estimate of drug-likeness (QED) is 0.671. The van der Waals surface area contributed by atoms with E-state index >= 15 is 0 Å². The van der Waals surface area contributed by atoms with Crippen molar-refractivity contribution in [2.75, 3.05) is 0 Å². The molecule has 6 nitrogen and oxygen atoms in total. The van der Waals surface area contributed by atoms with E-state index in [1.807, 2.05) is 0 Å². The number of carbonyl (C=O) groups excluding carboxylic acids is 2. The molecule has 0 spiro atoms. The standard InChI is InChI=1S/C10H8O4.C4H6O2/c1-2-14-10(13)8-6-4-3-5-7(8)9(11)12;1-3-6-4(2)5/h2-6H,1H2,(H,11,12);3H,1H2,2H3. The molecular formula is C14H14O6. The van der Waals surface area contributed by atoms with Crippen molar-refractivity contribution in [1.29, 1.82) is 0 Å². The fourth-order valence-corrected chi connectivity index (χ4v) is 1.10. The predicted molar refractivity (Wildman–Crippen MR) is 71.0 cm³/mol.